The van der Waals surface area contributed by atoms with E-state index < -0.39 is 0 Å². The molecule has 2 aliphatic rings. The van der Waals surface area contributed by atoms with Crippen LogP contribution in [0.3, 0.4) is 0 Å². The van der Waals surface area contributed by atoms with Crippen LogP contribution in [0.1, 0.15) is 31.1 Å². The Hall–Kier alpha value is -0.760. The van der Waals surface area contributed by atoms with Gasteiger partial charge in [0, 0.05) is 24.1 Å². The average molecular weight is 177 g/mol. The van der Waals surface area contributed by atoms with Crippen molar-refractivity contribution >= 4 is 0 Å². The smallest absolute Gasteiger partial charge is 0.110 e. The Morgan fingerprint density at radius 2 is 2.54 bits per heavy atom. The zero-order valence-electron chi connectivity index (χ0n) is 7.97. The van der Waals surface area contributed by atoms with Crippen molar-refractivity contribution in [2.75, 3.05) is 6.54 Å². The first-order chi connectivity index (χ1) is 6.33. The second kappa shape index (κ2) is 2.38. The molecule has 1 aliphatic heterocycles. The third kappa shape index (κ3) is 0.819. The highest BCUT2D eigenvalue weighted by atomic mass is 16.3. The van der Waals surface area contributed by atoms with Gasteiger partial charge in [-0.2, -0.15) is 0 Å². The minimum Gasteiger partial charge on any atom is -0.469 e. The van der Waals surface area contributed by atoms with Crippen LogP contribution < -0.4 is 5.32 Å². The maximum atomic E-state index is 5.50. The summed E-state index contributed by atoms with van der Waals surface area (Å²) in [5.74, 6) is 1.98. The molecule has 2 nitrogen and oxygen atoms in total. The highest BCUT2D eigenvalue weighted by Gasteiger charge is 2.48. The van der Waals surface area contributed by atoms with E-state index in [4.69, 9.17) is 4.42 Å². The van der Waals surface area contributed by atoms with Crippen LogP contribution in [0.4, 0.5) is 0 Å². The Morgan fingerprint density at radius 3 is 3.23 bits per heavy atom. The van der Waals surface area contributed by atoms with Gasteiger partial charge in [0.1, 0.15) is 5.76 Å². The van der Waals surface area contributed by atoms with Crippen molar-refractivity contribution in [3.63, 3.8) is 0 Å². The van der Waals surface area contributed by atoms with Gasteiger partial charge in [0.15, 0.2) is 0 Å². The van der Waals surface area contributed by atoms with Gasteiger partial charge < -0.3 is 9.73 Å². The topological polar surface area (TPSA) is 25.2 Å². The van der Waals surface area contributed by atoms with E-state index in [1.54, 1.807) is 0 Å². The third-order valence-electron chi connectivity index (χ3n) is 3.83. The van der Waals surface area contributed by atoms with Crippen LogP contribution >= 0.6 is 0 Å². The second-order valence-corrected chi connectivity index (χ2v) is 4.35. The van der Waals surface area contributed by atoms with E-state index >= 15 is 0 Å². The molecule has 2 atom stereocenters. The van der Waals surface area contributed by atoms with Crippen LogP contribution in [0.2, 0.25) is 0 Å². The highest BCUT2D eigenvalue weighted by molar-refractivity contribution is 5.33. The monoisotopic (exact) mass is 177 g/mol. The molecule has 1 spiro atoms. The fourth-order valence-corrected chi connectivity index (χ4v) is 2.81. The fourth-order valence-electron chi connectivity index (χ4n) is 2.81. The van der Waals surface area contributed by atoms with Gasteiger partial charge in [0.05, 0.1) is 6.26 Å². The standard InChI is InChI=1S/C11H15NO/c1-8-2-5-11(8)9-4-7-13-10(9)3-6-12-11/h4,7-8,12H,2-3,5-6H2,1H3. The zero-order valence-corrected chi connectivity index (χ0v) is 7.97. The summed E-state index contributed by atoms with van der Waals surface area (Å²) in [7, 11) is 0. The van der Waals surface area contributed by atoms with Crippen molar-refractivity contribution in [2.45, 2.75) is 31.7 Å². The molecule has 0 amide bonds. The molecule has 0 aromatic carbocycles. The summed E-state index contributed by atoms with van der Waals surface area (Å²) in [4.78, 5) is 0. The van der Waals surface area contributed by atoms with Gasteiger partial charge in [-0.25, -0.2) is 0 Å². The van der Waals surface area contributed by atoms with Gasteiger partial charge in [-0.3, -0.25) is 0 Å². The molecule has 1 N–H and O–H groups in total. The van der Waals surface area contributed by atoms with E-state index in [-0.39, 0.29) is 5.54 Å². The number of furan rings is 1. The number of hydrogen-bond donors (Lipinski definition) is 1. The molecule has 1 aromatic rings. The van der Waals surface area contributed by atoms with E-state index in [2.05, 4.69) is 18.3 Å². The Labute approximate surface area is 78.3 Å². The molecule has 70 valence electrons. The minimum atomic E-state index is 0.278. The minimum absolute atomic E-state index is 0.278. The lowest BCUT2D eigenvalue weighted by Crippen LogP contribution is -2.57. The number of fused-ring (bicyclic) bond motifs is 2. The van der Waals surface area contributed by atoms with Crippen molar-refractivity contribution in [1.82, 2.24) is 5.32 Å². The SMILES string of the molecule is CC1CCC12NCCc1occc12. The molecule has 1 saturated carbocycles. The van der Waals surface area contributed by atoms with Crippen molar-refractivity contribution < 1.29 is 4.42 Å². The molecule has 1 fully saturated rings. The summed E-state index contributed by atoms with van der Waals surface area (Å²) in [5, 5.41) is 3.66. The number of rotatable bonds is 0. The summed E-state index contributed by atoms with van der Waals surface area (Å²) >= 11 is 0. The predicted molar refractivity (Wildman–Crippen MR) is 50.5 cm³/mol. The molecular weight excluding hydrogens is 162 g/mol. The molecule has 3 rings (SSSR count). The Bertz CT molecular complexity index is 331. The highest BCUT2D eigenvalue weighted by Crippen LogP contribution is 2.49. The molecule has 2 heteroatoms. The Morgan fingerprint density at radius 1 is 1.62 bits per heavy atom. The van der Waals surface area contributed by atoms with Gasteiger partial charge in [-0.05, 0) is 24.8 Å². The van der Waals surface area contributed by atoms with Crippen LogP contribution in [0.25, 0.3) is 0 Å². The van der Waals surface area contributed by atoms with Crippen LogP contribution in [0, 0.1) is 5.92 Å². The molecule has 1 aromatic heterocycles. The normalized spacial score (nSPS) is 37.2. The zero-order chi connectivity index (χ0) is 8.89. The van der Waals surface area contributed by atoms with Crippen molar-refractivity contribution in [3.05, 3.63) is 23.7 Å². The van der Waals surface area contributed by atoms with Gasteiger partial charge in [0.25, 0.3) is 0 Å². The van der Waals surface area contributed by atoms with Gasteiger partial charge >= 0.3 is 0 Å². The van der Waals surface area contributed by atoms with Gasteiger partial charge in [0.2, 0.25) is 0 Å². The van der Waals surface area contributed by atoms with E-state index in [1.165, 1.54) is 24.2 Å². The van der Waals surface area contributed by atoms with Crippen molar-refractivity contribution in [1.29, 1.82) is 0 Å². The first kappa shape index (κ1) is 7.63. The summed E-state index contributed by atoms with van der Waals surface area (Å²) in [6, 6.07) is 2.15. The molecule has 0 bridgehead atoms. The Kier molecular flexibility index (Phi) is 1.40. The van der Waals surface area contributed by atoms with Crippen LogP contribution in [0.5, 0.6) is 0 Å². The lowest BCUT2D eigenvalue weighted by atomic mass is 9.62. The lowest BCUT2D eigenvalue weighted by molar-refractivity contribution is 0.0843. The molecule has 13 heavy (non-hydrogen) atoms. The molecule has 0 saturated heterocycles. The largest absolute Gasteiger partial charge is 0.469 e. The van der Waals surface area contributed by atoms with Crippen molar-refractivity contribution in [3.8, 4) is 0 Å². The maximum Gasteiger partial charge on any atom is 0.110 e. The molecule has 1 aliphatic carbocycles. The Balaban J connectivity index is 2.09. The predicted octanol–water partition coefficient (Wildman–Crippen LogP) is 2.05. The third-order valence-corrected chi connectivity index (χ3v) is 3.83. The van der Waals surface area contributed by atoms with Crippen LogP contribution in [0.15, 0.2) is 16.7 Å². The second-order valence-electron chi connectivity index (χ2n) is 4.35. The van der Waals surface area contributed by atoms with E-state index in [0.717, 1.165) is 18.9 Å². The maximum absolute atomic E-state index is 5.50. The van der Waals surface area contributed by atoms with E-state index in [1.807, 2.05) is 6.26 Å². The number of hydrogen-bond acceptors (Lipinski definition) is 2. The van der Waals surface area contributed by atoms with E-state index in [9.17, 15) is 0 Å². The molecular formula is C11H15NO. The van der Waals surface area contributed by atoms with E-state index in [0.29, 0.717) is 0 Å². The number of nitrogens with one attached hydrogen (secondary N) is 1. The first-order valence-electron chi connectivity index (χ1n) is 5.15. The summed E-state index contributed by atoms with van der Waals surface area (Å²) in [6.07, 6.45) is 5.51. The van der Waals surface area contributed by atoms with Crippen LogP contribution in [-0.4, -0.2) is 6.54 Å². The lowest BCUT2D eigenvalue weighted by Gasteiger charge is -2.50. The summed E-state index contributed by atoms with van der Waals surface area (Å²) in [5.41, 5.74) is 1.71. The van der Waals surface area contributed by atoms with Crippen LogP contribution in [-0.2, 0) is 12.0 Å². The van der Waals surface area contributed by atoms with Gasteiger partial charge in [-0.1, -0.05) is 6.92 Å². The molecule has 2 unspecified atom stereocenters. The molecule has 2 heterocycles. The fraction of sp³-hybridized carbons (Fsp3) is 0.636. The average Bonchev–Trinajstić information content (AvgIpc) is 2.62. The summed E-state index contributed by atoms with van der Waals surface area (Å²) in [6.45, 7) is 3.41. The van der Waals surface area contributed by atoms with Gasteiger partial charge in [-0.15, -0.1) is 0 Å². The summed E-state index contributed by atoms with van der Waals surface area (Å²) < 4.78 is 5.50. The van der Waals surface area contributed by atoms with Crippen molar-refractivity contribution in [2.24, 2.45) is 5.92 Å². The quantitative estimate of drug-likeness (QED) is 0.656. The first-order valence-corrected chi connectivity index (χ1v) is 5.15. The molecule has 0 radical (unpaired) electrons.